The van der Waals surface area contributed by atoms with Gasteiger partial charge in [0.15, 0.2) is 0 Å². The summed E-state index contributed by atoms with van der Waals surface area (Å²) in [7, 11) is 0. The molecule has 1 aromatic rings. The van der Waals surface area contributed by atoms with E-state index in [9.17, 15) is 19.2 Å². The van der Waals surface area contributed by atoms with Crippen LogP contribution in [0.2, 0.25) is 0 Å². The topological polar surface area (TPSA) is 120 Å². The molecule has 0 radical (unpaired) electrons. The molecule has 0 aliphatic carbocycles. The first-order valence-corrected chi connectivity index (χ1v) is 7.94. The number of carbonyl (C=O) groups excluding carboxylic acids is 4. The van der Waals surface area contributed by atoms with Crippen molar-refractivity contribution in [1.29, 1.82) is 0 Å². The number of nitrogens with zero attached hydrogens (tertiary/aromatic N) is 3. The Hall–Kier alpha value is -3.10. The molecule has 130 valence electrons. The summed E-state index contributed by atoms with van der Waals surface area (Å²) < 4.78 is 0. The van der Waals surface area contributed by atoms with Crippen LogP contribution in [-0.4, -0.2) is 48.3 Å². The van der Waals surface area contributed by atoms with Crippen LogP contribution < -0.4 is 10.6 Å². The third-order valence-electron chi connectivity index (χ3n) is 4.08. The molecule has 1 aromatic carbocycles. The maximum Gasteiger partial charge on any atom is 0.324 e. The summed E-state index contributed by atoms with van der Waals surface area (Å²) in [6.45, 7) is 0.758. The van der Waals surface area contributed by atoms with Gasteiger partial charge in [-0.2, -0.15) is 5.11 Å². The average molecular weight is 343 g/mol. The Morgan fingerprint density at radius 3 is 2.88 bits per heavy atom. The Bertz CT molecular complexity index is 761. The van der Waals surface area contributed by atoms with Gasteiger partial charge >= 0.3 is 6.03 Å². The van der Waals surface area contributed by atoms with E-state index >= 15 is 0 Å². The van der Waals surface area contributed by atoms with E-state index in [2.05, 4.69) is 20.9 Å². The molecule has 2 aliphatic rings. The van der Waals surface area contributed by atoms with Crippen LogP contribution in [0.25, 0.3) is 0 Å². The monoisotopic (exact) mass is 343 g/mol. The number of hydrogen-bond acceptors (Lipinski definition) is 5. The van der Waals surface area contributed by atoms with Gasteiger partial charge in [-0.05, 0) is 11.6 Å². The first kappa shape index (κ1) is 16.7. The summed E-state index contributed by atoms with van der Waals surface area (Å²) >= 11 is 0. The number of amides is 5. The number of imide groups is 1. The Morgan fingerprint density at radius 2 is 2.08 bits per heavy atom. The minimum absolute atomic E-state index is 0.117. The van der Waals surface area contributed by atoms with Crippen molar-refractivity contribution >= 4 is 23.8 Å². The second-order valence-corrected chi connectivity index (χ2v) is 5.77. The molecule has 2 heterocycles. The fourth-order valence-electron chi connectivity index (χ4n) is 2.72. The van der Waals surface area contributed by atoms with Gasteiger partial charge in [0.05, 0.1) is 0 Å². The molecule has 0 aromatic heterocycles. The van der Waals surface area contributed by atoms with Crippen LogP contribution in [0, 0.1) is 0 Å². The number of azo groups is 1. The molecular formula is C16H17N5O4. The van der Waals surface area contributed by atoms with Crippen LogP contribution in [0.5, 0.6) is 0 Å². The molecule has 5 amide bonds. The number of hydrogen-bond donors (Lipinski definition) is 2. The van der Waals surface area contributed by atoms with Gasteiger partial charge in [-0.15, -0.1) is 5.11 Å². The van der Waals surface area contributed by atoms with Gasteiger partial charge in [0, 0.05) is 38.0 Å². The second kappa shape index (κ2) is 7.20. The first-order chi connectivity index (χ1) is 12.0. The largest absolute Gasteiger partial charge is 0.353 e. The molecule has 25 heavy (non-hydrogen) atoms. The van der Waals surface area contributed by atoms with E-state index in [-0.39, 0.29) is 43.7 Å². The highest BCUT2D eigenvalue weighted by Gasteiger charge is 2.25. The minimum atomic E-state index is -0.474. The lowest BCUT2D eigenvalue weighted by Crippen LogP contribution is -2.50. The molecule has 0 bridgehead atoms. The molecule has 2 aliphatic heterocycles. The summed E-state index contributed by atoms with van der Waals surface area (Å²) in [6.07, 6.45) is 0.354. The number of rotatable bonds is 5. The van der Waals surface area contributed by atoms with Gasteiger partial charge in [-0.1, -0.05) is 18.2 Å². The predicted molar refractivity (Wildman–Crippen MR) is 85.7 cm³/mol. The van der Waals surface area contributed by atoms with Gasteiger partial charge in [0.25, 0.3) is 5.91 Å². The third-order valence-corrected chi connectivity index (χ3v) is 4.08. The van der Waals surface area contributed by atoms with Crippen molar-refractivity contribution < 1.29 is 19.2 Å². The van der Waals surface area contributed by atoms with E-state index in [1.165, 1.54) is 4.90 Å². The van der Waals surface area contributed by atoms with Crippen LogP contribution in [0.1, 0.15) is 34.8 Å². The van der Waals surface area contributed by atoms with Crippen LogP contribution in [0.4, 0.5) is 4.79 Å². The zero-order valence-corrected chi connectivity index (χ0v) is 13.4. The molecule has 9 heteroatoms. The molecule has 1 unspecified atom stereocenters. The van der Waals surface area contributed by atoms with E-state index in [4.69, 9.17) is 0 Å². The standard InChI is InChI=1S/C16H17N5O4/c22-13(5-7-21-8-6-14(23)18-16(21)25)17-9-12-10-3-1-2-4-11(10)15(24)20-19-12/h1-4,12H,5-9H2,(H,17,22)(H,18,23,25). The maximum atomic E-state index is 12.0. The van der Waals surface area contributed by atoms with E-state index < -0.39 is 12.1 Å². The van der Waals surface area contributed by atoms with Crippen molar-refractivity contribution in [2.45, 2.75) is 18.9 Å². The van der Waals surface area contributed by atoms with Crippen LogP contribution in [0.15, 0.2) is 34.5 Å². The van der Waals surface area contributed by atoms with Gasteiger partial charge in [0.2, 0.25) is 11.8 Å². The first-order valence-electron chi connectivity index (χ1n) is 7.94. The molecule has 0 saturated carbocycles. The SMILES string of the molecule is O=C(CCN1CCC(=O)NC1=O)NCC1N=NC(=O)c2ccccc21. The number of urea groups is 1. The fourth-order valence-corrected chi connectivity index (χ4v) is 2.72. The van der Waals surface area contributed by atoms with Crippen molar-refractivity contribution in [2.75, 3.05) is 19.6 Å². The van der Waals surface area contributed by atoms with E-state index in [0.717, 1.165) is 5.56 Å². The maximum absolute atomic E-state index is 12.0. The van der Waals surface area contributed by atoms with Gasteiger partial charge in [-0.3, -0.25) is 19.7 Å². The van der Waals surface area contributed by atoms with Gasteiger partial charge < -0.3 is 10.2 Å². The molecule has 3 rings (SSSR count). The quantitative estimate of drug-likeness (QED) is 0.820. The second-order valence-electron chi connectivity index (χ2n) is 5.77. The van der Waals surface area contributed by atoms with Gasteiger partial charge in [0.1, 0.15) is 6.04 Å². The van der Waals surface area contributed by atoms with E-state index in [1.54, 1.807) is 24.3 Å². The molecule has 0 spiro atoms. The summed E-state index contributed by atoms with van der Waals surface area (Å²) in [4.78, 5) is 47.8. The average Bonchev–Trinajstić information content (AvgIpc) is 2.61. The smallest absolute Gasteiger partial charge is 0.324 e. The highest BCUT2D eigenvalue weighted by molar-refractivity contribution is 5.97. The summed E-state index contributed by atoms with van der Waals surface area (Å²) in [5.74, 6) is -0.931. The van der Waals surface area contributed by atoms with Crippen LogP contribution >= 0.6 is 0 Å². The summed E-state index contributed by atoms with van der Waals surface area (Å²) in [5.41, 5.74) is 1.23. The minimum Gasteiger partial charge on any atom is -0.353 e. The lowest BCUT2D eigenvalue weighted by atomic mass is 9.99. The van der Waals surface area contributed by atoms with Crippen LogP contribution in [-0.2, 0) is 9.59 Å². The lowest BCUT2D eigenvalue weighted by molar-refractivity contribution is -0.121. The predicted octanol–water partition coefficient (Wildman–Crippen LogP) is 0.782. The molecule has 1 atom stereocenters. The van der Waals surface area contributed by atoms with E-state index in [0.29, 0.717) is 12.1 Å². The Balaban J connectivity index is 1.50. The van der Waals surface area contributed by atoms with Crippen molar-refractivity contribution in [3.63, 3.8) is 0 Å². The molecule has 9 nitrogen and oxygen atoms in total. The van der Waals surface area contributed by atoms with E-state index in [1.807, 2.05) is 0 Å². The lowest BCUT2D eigenvalue weighted by Gasteiger charge is -2.26. The van der Waals surface area contributed by atoms with Gasteiger partial charge in [-0.25, -0.2) is 4.79 Å². The number of carbonyl (C=O) groups is 4. The molecule has 1 fully saturated rings. The fraction of sp³-hybridized carbons (Fsp3) is 0.375. The summed E-state index contributed by atoms with van der Waals surface area (Å²) in [5, 5.41) is 12.5. The zero-order chi connectivity index (χ0) is 17.8. The Kier molecular flexibility index (Phi) is 4.82. The molecule has 2 N–H and O–H groups in total. The normalized spacial score (nSPS) is 19.4. The van der Waals surface area contributed by atoms with Crippen molar-refractivity contribution in [3.8, 4) is 0 Å². The zero-order valence-electron chi connectivity index (χ0n) is 13.4. The highest BCUT2D eigenvalue weighted by Crippen LogP contribution is 2.26. The Morgan fingerprint density at radius 1 is 1.28 bits per heavy atom. The third kappa shape index (κ3) is 3.87. The molecule has 1 saturated heterocycles. The number of fused-ring (bicyclic) bond motifs is 1. The highest BCUT2D eigenvalue weighted by atomic mass is 16.2. The van der Waals surface area contributed by atoms with Crippen molar-refractivity contribution in [1.82, 2.24) is 15.5 Å². The van der Waals surface area contributed by atoms with Crippen LogP contribution in [0.3, 0.4) is 0 Å². The molecular weight excluding hydrogens is 326 g/mol. The summed E-state index contributed by atoms with van der Waals surface area (Å²) in [6, 6.07) is 6.14. The Labute approximate surface area is 143 Å². The number of nitrogens with one attached hydrogen (secondary N) is 2. The van der Waals surface area contributed by atoms with Crippen molar-refractivity contribution in [3.05, 3.63) is 35.4 Å². The number of benzene rings is 1. The van der Waals surface area contributed by atoms with Crippen molar-refractivity contribution in [2.24, 2.45) is 10.2 Å².